The van der Waals surface area contributed by atoms with Gasteiger partial charge in [-0.05, 0) is 35.9 Å². The van der Waals surface area contributed by atoms with Gasteiger partial charge < -0.3 is 14.8 Å². The van der Waals surface area contributed by atoms with Gasteiger partial charge in [0.1, 0.15) is 18.2 Å². The maximum Gasteiger partial charge on any atom is 0.417 e. The van der Waals surface area contributed by atoms with E-state index in [0.717, 1.165) is 24.3 Å². The van der Waals surface area contributed by atoms with E-state index in [1.165, 1.54) is 31.4 Å². The maximum absolute atomic E-state index is 13.5. The number of alkyl halides is 3. The van der Waals surface area contributed by atoms with Gasteiger partial charge in [-0.25, -0.2) is 4.39 Å². The van der Waals surface area contributed by atoms with Crippen LogP contribution in [-0.2, 0) is 15.7 Å². The van der Waals surface area contributed by atoms with Crippen molar-refractivity contribution in [1.29, 1.82) is 0 Å². The Labute approximate surface area is 163 Å². The molecule has 0 fully saturated rings. The van der Waals surface area contributed by atoms with Gasteiger partial charge in [-0.1, -0.05) is 17.7 Å². The van der Waals surface area contributed by atoms with Crippen molar-refractivity contribution in [3.8, 4) is 5.75 Å². The van der Waals surface area contributed by atoms with Crippen LogP contribution in [0.25, 0.3) is 6.08 Å². The molecule has 0 radical (unpaired) electrons. The highest BCUT2D eigenvalue weighted by Crippen LogP contribution is 2.35. The number of carbonyl (C=O) groups excluding carboxylic acids is 1. The highest BCUT2D eigenvalue weighted by Gasteiger charge is 2.33. The molecule has 0 saturated heterocycles. The van der Waals surface area contributed by atoms with Crippen molar-refractivity contribution in [3.63, 3.8) is 0 Å². The molecule has 150 valence electrons. The van der Waals surface area contributed by atoms with Crippen LogP contribution in [0.3, 0.4) is 0 Å². The molecular formula is C19H16ClF4NO3. The van der Waals surface area contributed by atoms with E-state index in [1.807, 2.05) is 0 Å². The zero-order valence-electron chi connectivity index (χ0n) is 14.6. The molecule has 9 heteroatoms. The molecule has 2 rings (SSSR count). The molecule has 0 aliphatic carbocycles. The number of rotatable bonds is 7. The predicted octanol–water partition coefficient (Wildman–Crippen LogP) is 5.18. The second-order valence-electron chi connectivity index (χ2n) is 5.54. The average Bonchev–Trinajstić information content (AvgIpc) is 2.62. The molecule has 0 unspecified atom stereocenters. The number of methoxy groups -OCH3 is 1. The third kappa shape index (κ3) is 6.24. The monoisotopic (exact) mass is 417 g/mol. The summed E-state index contributed by atoms with van der Waals surface area (Å²) in [5.41, 5.74) is -0.795. The van der Waals surface area contributed by atoms with E-state index in [0.29, 0.717) is 6.61 Å². The van der Waals surface area contributed by atoms with E-state index >= 15 is 0 Å². The standard InChI is InChI=1S/C19H16ClF4NO3/c1-27-8-9-28-17-6-4-13(21)11-16(17)25-18(26)7-3-12-2-5-15(20)14(10-12)19(22,23)24/h2-7,10-11H,8-9H2,1H3,(H,25,26)/b7-3+. The summed E-state index contributed by atoms with van der Waals surface area (Å²) in [6, 6.07) is 6.84. The van der Waals surface area contributed by atoms with Gasteiger partial charge >= 0.3 is 6.18 Å². The first kappa shape index (κ1) is 21.7. The molecule has 0 aromatic heterocycles. The molecule has 0 atom stereocenters. The molecular weight excluding hydrogens is 402 g/mol. The summed E-state index contributed by atoms with van der Waals surface area (Å²) < 4.78 is 62.3. The summed E-state index contributed by atoms with van der Waals surface area (Å²) in [5.74, 6) is -1.04. The minimum absolute atomic E-state index is 0.0813. The van der Waals surface area contributed by atoms with Gasteiger partial charge in [0.05, 0.1) is 22.9 Å². The van der Waals surface area contributed by atoms with Crippen molar-refractivity contribution in [2.24, 2.45) is 0 Å². The Bertz CT molecular complexity index is 869. The Morgan fingerprint density at radius 1 is 1.18 bits per heavy atom. The summed E-state index contributed by atoms with van der Waals surface area (Å²) in [4.78, 5) is 12.1. The van der Waals surface area contributed by atoms with E-state index in [4.69, 9.17) is 21.1 Å². The average molecular weight is 418 g/mol. The normalized spacial score (nSPS) is 11.6. The maximum atomic E-state index is 13.5. The van der Waals surface area contributed by atoms with Gasteiger partial charge in [0, 0.05) is 19.3 Å². The number of hydrogen-bond donors (Lipinski definition) is 1. The fourth-order valence-corrected chi connectivity index (χ4v) is 2.40. The lowest BCUT2D eigenvalue weighted by Crippen LogP contribution is -2.11. The van der Waals surface area contributed by atoms with Crippen LogP contribution in [0.2, 0.25) is 5.02 Å². The van der Waals surface area contributed by atoms with Crippen LogP contribution in [0.5, 0.6) is 5.75 Å². The lowest BCUT2D eigenvalue weighted by Gasteiger charge is -2.11. The third-order valence-electron chi connectivity index (χ3n) is 3.47. The molecule has 0 heterocycles. The van der Waals surface area contributed by atoms with Crippen molar-refractivity contribution in [2.75, 3.05) is 25.6 Å². The molecule has 4 nitrogen and oxygen atoms in total. The molecule has 0 aliphatic heterocycles. The first-order valence-corrected chi connectivity index (χ1v) is 8.35. The minimum atomic E-state index is -4.61. The van der Waals surface area contributed by atoms with Crippen LogP contribution in [0.1, 0.15) is 11.1 Å². The highest BCUT2D eigenvalue weighted by atomic mass is 35.5. The Balaban J connectivity index is 2.13. The molecule has 0 saturated carbocycles. The second-order valence-corrected chi connectivity index (χ2v) is 5.95. The lowest BCUT2D eigenvalue weighted by atomic mass is 10.1. The van der Waals surface area contributed by atoms with Crippen LogP contribution >= 0.6 is 11.6 Å². The number of amides is 1. The van der Waals surface area contributed by atoms with Crippen molar-refractivity contribution in [2.45, 2.75) is 6.18 Å². The van der Waals surface area contributed by atoms with Crippen LogP contribution in [0.4, 0.5) is 23.2 Å². The SMILES string of the molecule is COCCOc1ccc(F)cc1NC(=O)/C=C/c1ccc(Cl)c(C(F)(F)F)c1. The highest BCUT2D eigenvalue weighted by molar-refractivity contribution is 6.31. The molecule has 2 aromatic rings. The topological polar surface area (TPSA) is 47.6 Å². The van der Waals surface area contributed by atoms with E-state index in [-0.39, 0.29) is 23.6 Å². The number of halogens is 5. The Hall–Kier alpha value is -2.58. The number of nitrogens with one attached hydrogen (secondary N) is 1. The van der Waals surface area contributed by atoms with Gasteiger partial charge in [-0.2, -0.15) is 13.2 Å². The van der Waals surface area contributed by atoms with Crippen molar-refractivity contribution < 1.29 is 31.8 Å². The molecule has 0 aliphatic rings. The van der Waals surface area contributed by atoms with E-state index in [9.17, 15) is 22.4 Å². The zero-order chi connectivity index (χ0) is 20.7. The smallest absolute Gasteiger partial charge is 0.417 e. The molecule has 2 aromatic carbocycles. The van der Waals surface area contributed by atoms with E-state index < -0.39 is 28.5 Å². The Morgan fingerprint density at radius 3 is 2.61 bits per heavy atom. The predicted molar refractivity (Wildman–Crippen MR) is 97.9 cm³/mol. The van der Waals surface area contributed by atoms with Crippen molar-refractivity contribution in [3.05, 3.63) is 64.4 Å². The number of ether oxygens (including phenoxy) is 2. The van der Waals surface area contributed by atoms with Gasteiger partial charge in [0.2, 0.25) is 5.91 Å². The molecule has 0 bridgehead atoms. The number of anilines is 1. The fourth-order valence-electron chi connectivity index (χ4n) is 2.17. The largest absolute Gasteiger partial charge is 0.489 e. The van der Waals surface area contributed by atoms with E-state index in [1.54, 1.807) is 0 Å². The third-order valence-corrected chi connectivity index (χ3v) is 3.80. The van der Waals surface area contributed by atoms with Crippen LogP contribution in [0, 0.1) is 5.82 Å². The summed E-state index contributed by atoms with van der Waals surface area (Å²) in [5, 5.41) is 1.99. The van der Waals surface area contributed by atoms with Crippen molar-refractivity contribution >= 4 is 29.3 Å². The van der Waals surface area contributed by atoms with Gasteiger partial charge in [0.25, 0.3) is 0 Å². The van der Waals surface area contributed by atoms with Gasteiger partial charge in [0.15, 0.2) is 0 Å². The second kappa shape index (κ2) is 9.57. The van der Waals surface area contributed by atoms with Crippen LogP contribution in [0.15, 0.2) is 42.5 Å². The Morgan fingerprint density at radius 2 is 1.93 bits per heavy atom. The number of benzene rings is 2. The van der Waals surface area contributed by atoms with E-state index in [2.05, 4.69) is 5.32 Å². The van der Waals surface area contributed by atoms with Gasteiger partial charge in [-0.15, -0.1) is 0 Å². The van der Waals surface area contributed by atoms with Gasteiger partial charge in [-0.3, -0.25) is 4.79 Å². The lowest BCUT2D eigenvalue weighted by molar-refractivity contribution is -0.137. The fraction of sp³-hybridized carbons (Fsp3) is 0.211. The summed E-state index contributed by atoms with van der Waals surface area (Å²) in [6.07, 6.45) is -2.40. The molecule has 1 N–H and O–H groups in total. The summed E-state index contributed by atoms with van der Waals surface area (Å²) >= 11 is 5.55. The molecule has 28 heavy (non-hydrogen) atoms. The minimum Gasteiger partial charge on any atom is -0.489 e. The first-order valence-electron chi connectivity index (χ1n) is 7.98. The molecule has 0 spiro atoms. The number of carbonyl (C=O) groups is 1. The van der Waals surface area contributed by atoms with Crippen LogP contribution in [-0.4, -0.2) is 26.2 Å². The summed E-state index contributed by atoms with van der Waals surface area (Å²) in [6.45, 7) is 0.481. The zero-order valence-corrected chi connectivity index (χ0v) is 15.4. The molecule has 1 amide bonds. The van der Waals surface area contributed by atoms with Crippen molar-refractivity contribution in [1.82, 2.24) is 0 Å². The quantitative estimate of drug-likeness (QED) is 0.384. The first-order chi connectivity index (χ1) is 13.2. The van der Waals surface area contributed by atoms with Crippen LogP contribution < -0.4 is 10.1 Å². The Kier molecular flexibility index (Phi) is 7.42. The number of hydrogen-bond acceptors (Lipinski definition) is 3. The summed E-state index contributed by atoms with van der Waals surface area (Å²) in [7, 11) is 1.49.